The highest BCUT2D eigenvalue weighted by Crippen LogP contribution is 2.28. The summed E-state index contributed by atoms with van der Waals surface area (Å²) in [6, 6.07) is 13.4. The van der Waals surface area contributed by atoms with Gasteiger partial charge < -0.3 is 19.3 Å². The van der Waals surface area contributed by atoms with E-state index in [1.807, 2.05) is 36.4 Å². The van der Waals surface area contributed by atoms with Crippen LogP contribution in [-0.2, 0) is 20.9 Å². The summed E-state index contributed by atoms with van der Waals surface area (Å²) in [6.07, 6.45) is 5.28. The Hall–Kier alpha value is -3.19. The molecule has 2 aliphatic rings. The molecule has 1 saturated heterocycles. The third-order valence-corrected chi connectivity index (χ3v) is 6.23. The van der Waals surface area contributed by atoms with Crippen LogP contribution in [-0.4, -0.2) is 55.0 Å². The Morgan fingerprint density at radius 1 is 1.09 bits per heavy atom. The van der Waals surface area contributed by atoms with Gasteiger partial charge in [0.2, 0.25) is 11.8 Å². The van der Waals surface area contributed by atoms with E-state index in [2.05, 4.69) is 0 Å². The lowest BCUT2D eigenvalue weighted by molar-refractivity contribution is -0.145. The molecule has 1 atom stereocenters. The van der Waals surface area contributed by atoms with Crippen LogP contribution in [0.3, 0.4) is 0 Å². The fraction of sp³-hybridized carbons (Fsp3) is 0.385. The van der Waals surface area contributed by atoms with Crippen molar-refractivity contribution in [2.75, 3.05) is 33.4 Å². The van der Waals surface area contributed by atoms with Crippen molar-refractivity contribution < 1.29 is 23.5 Å². The first-order chi connectivity index (χ1) is 16.0. The van der Waals surface area contributed by atoms with Gasteiger partial charge in [0.1, 0.15) is 18.1 Å². The van der Waals surface area contributed by atoms with Gasteiger partial charge in [-0.15, -0.1) is 0 Å². The predicted molar refractivity (Wildman–Crippen MR) is 122 cm³/mol. The minimum Gasteiger partial charge on any atom is -0.497 e. The Labute approximate surface area is 193 Å². The van der Waals surface area contributed by atoms with Gasteiger partial charge in [0.05, 0.1) is 13.2 Å². The first-order valence-electron chi connectivity index (χ1n) is 11.3. The smallest absolute Gasteiger partial charge is 0.243 e. The number of methoxy groups -OCH3 is 1. The van der Waals surface area contributed by atoms with Gasteiger partial charge in [-0.1, -0.05) is 36.4 Å². The van der Waals surface area contributed by atoms with E-state index < -0.39 is 0 Å². The summed E-state index contributed by atoms with van der Waals surface area (Å²) < 4.78 is 24.1. The van der Waals surface area contributed by atoms with E-state index in [-0.39, 0.29) is 36.1 Å². The number of halogens is 1. The average molecular weight is 453 g/mol. The number of nitrogens with zero attached hydrogens (tertiary/aromatic N) is 2. The molecule has 6 nitrogen and oxygen atoms in total. The number of hydrogen-bond donors (Lipinski definition) is 0. The largest absolute Gasteiger partial charge is 0.497 e. The number of amides is 2. The minimum absolute atomic E-state index is 0.000861. The van der Waals surface area contributed by atoms with Crippen LogP contribution in [0.4, 0.5) is 4.39 Å². The maximum atomic E-state index is 13.5. The van der Waals surface area contributed by atoms with Crippen LogP contribution < -0.4 is 4.74 Å². The molecule has 1 fully saturated rings. The molecular weight excluding hydrogens is 423 g/mol. The van der Waals surface area contributed by atoms with Gasteiger partial charge in [-0.25, -0.2) is 4.39 Å². The monoisotopic (exact) mass is 452 g/mol. The van der Waals surface area contributed by atoms with Crippen LogP contribution in [0.5, 0.6) is 5.75 Å². The Morgan fingerprint density at radius 2 is 1.79 bits per heavy atom. The number of hydrogen-bond acceptors (Lipinski definition) is 4. The lowest BCUT2D eigenvalue weighted by Gasteiger charge is -2.36. The van der Waals surface area contributed by atoms with Gasteiger partial charge in [0, 0.05) is 32.2 Å². The molecule has 4 rings (SSSR count). The van der Waals surface area contributed by atoms with E-state index >= 15 is 0 Å². The van der Waals surface area contributed by atoms with E-state index in [0.29, 0.717) is 39.1 Å². The molecular formula is C26H29FN2O4. The summed E-state index contributed by atoms with van der Waals surface area (Å²) in [7, 11) is 1.61. The SMILES string of the molecule is COc1ccc(C2/C=C\CN(C(=O)C3CCOCC3)CC(=O)N2Cc2ccc(F)cc2)cc1. The van der Waals surface area contributed by atoms with Crippen LogP contribution in [0.2, 0.25) is 0 Å². The molecule has 0 aromatic heterocycles. The average Bonchev–Trinajstić information content (AvgIpc) is 2.85. The Morgan fingerprint density at radius 3 is 2.45 bits per heavy atom. The molecule has 2 aliphatic heterocycles. The minimum atomic E-state index is -0.322. The van der Waals surface area contributed by atoms with Gasteiger partial charge in [0.15, 0.2) is 0 Å². The van der Waals surface area contributed by atoms with Crippen molar-refractivity contribution in [2.45, 2.75) is 25.4 Å². The maximum absolute atomic E-state index is 13.5. The molecule has 0 aliphatic carbocycles. The Balaban J connectivity index is 1.62. The van der Waals surface area contributed by atoms with Gasteiger partial charge in [-0.05, 0) is 48.2 Å². The number of ether oxygens (including phenoxy) is 2. The molecule has 0 radical (unpaired) electrons. The molecule has 174 valence electrons. The highest BCUT2D eigenvalue weighted by molar-refractivity contribution is 5.86. The summed E-state index contributed by atoms with van der Waals surface area (Å²) in [5.41, 5.74) is 1.76. The highest BCUT2D eigenvalue weighted by atomic mass is 19.1. The normalized spacial score (nSPS) is 20.8. The van der Waals surface area contributed by atoms with Crippen LogP contribution in [0, 0.1) is 11.7 Å². The summed E-state index contributed by atoms with van der Waals surface area (Å²) in [6.45, 7) is 1.85. The lowest BCUT2D eigenvalue weighted by atomic mass is 9.98. The number of rotatable bonds is 5. The second-order valence-corrected chi connectivity index (χ2v) is 8.40. The summed E-state index contributed by atoms with van der Waals surface area (Å²) in [5, 5.41) is 0. The standard InChI is InChI=1S/C26H29FN2O4/c1-32-23-10-6-20(7-11-23)24-3-2-14-28(26(31)21-12-15-33-16-13-21)18-25(30)29(24)17-19-4-8-22(27)9-5-19/h2-11,21,24H,12-18H2,1H3/b3-2-. The molecule has 0 spiro atoms. The highest BCUT2D eigenvalue weighted by Gasteiger charge is 2.31. The third kappa shape index (κ3) is 5.60. The van der Waals surface area contributed by atoms with Crippen molar-refractivity contribution in [1.82, 2.24) is 9.80 Å². The van der Waals surface area contributed by atoms with Gasteiger partial charge in [-0.2, -0.15) is 0 Å². The quantitative estimate of drug-likeness (QED) is 0.649. The zero-order valence-corrected chi connectivity index (χ0v) is 18.8. The second-order valence-electron chi connectivity index (χ2n) is 8.40. The molecule has 1 unspecified atom stereocenters. The maximum Gasteiger partial charge on any atom is 0.243 e. The van der Waals surface area contributed by atoms with Crippen LogP contribution >= 0.6 is 0 Å². The van der Waals surface area contributed by atoms with Crippen molar-refractivity contribution in [3.8, 4) is 5.75 Å². The molecule has 2 aromatic rings. The van der Waals surface area contributed by atoms with E-state index in [9.17, 15) is 14.0 Å². The summed E-state index contributed by atoms with van der Waals surface area (Å²) >= 11 is 0. The first-order valence-corrected chi connectivity index (χ1v) is 11.3. The van der Waals surface area contributed by atoms with E-state index in [4.69, 9.17) is 9.47 Å². The zero-order chi connectivity index (χ0) is 23.2. The second kappa shape index (κ2) is 10.6. The van der Waals surface area contributed by atoms with Gasteiger partial charge in [0.25, 0.3) is 0 Å². The van der Waals surface area contributed by atoms with Gasteiger partial charge in [-0.3, -0.25) is 9.59 Å². The zero-order valence-electron chi connectivity index (χ0n) is 18.8. The molecule has 0 saturated carbocycles. The van der Waals surface area contributed by atoms with Gasteiger partial charge >= 0.3 is 0 Å². The number of carbonyl (C=O) groups is 2. The molecule has 2 amide bonds. The van der Waals surface area contributed by atoms with Crippen molar-refractivity contribution in [3.05, 3.63) is 77.6 Å². The Kier molecular flexibility index (Phi) is 7.40. The van der Waals surface area contributed by atoms with E-state index in [1.54, 1.807) is 29.0 Å². The predicted octanol–water partition coefficient (Wildman–Crippen LogP) is 3.73. The fourth-order valence-corrected chi connectivity index (χ4v) is 4.33. The first kappa shape index (κ1) is 23.0. The van der Waals surface area contributed by atoms with Crippen LogP contribution in [0.25, 0.3) is 0 Å². The van der Waals surface area contributed by atoms with Crippen molar-refractivity contribution in [3.63, 3.8) is 0 Å². The molecule has 2 heterocycles. The molecule has 7 heteroatoms. The van der Waals surface area contributed by atoms with Crippen LogP contribution in [0.15, 0.2) is 60.7 Å². The van der Waals surface area contributed by atoms with Crippen molar-refractivity contribution >= 4 is 11.8 Å². The van der Waals surface area contributed by atoms with Crippen LogP contribution in [0.1, 0.15) is 30.0 Å². The molecule has 0 bridgehead atoms. The number of carbonyl (C=O) groups excluding carboxylic acids is 2. The molecule has 0 N–H and O–H groups in total. The summed E-state index contributed by atoms with van der Waals surface area (Å²) in [5.74, 6) is 0.156. The molecule has 2 aromatic carbocycles. The topological polar surface area (TPSA) is 59.1 Å². The fourth-order valence-electron chi connectivity index (χ4n) is 4.33. The van der Waals surface area contributed by atoms with Crippen molar-refractivity contribution in [2.24, 2.45) is 5.92 Å². The summed E-state index contributed by atoms with van der Waals surface area (Å²) in [4.78, 5) is 30.0. The Bertz CT molecular complexity index is 984. The third-order valence-electron chi connectivity index (χ3n) is 6.23. The molecule has 33 heavy (non-hydrogen) atoms. The van der Waals surface area contributed by atoms with E-state index in [0.717, 1.165) is 16.9 Å². The van der Waals surface area contributed by atoms with Crippen molar-refractivity contribution in [1.29, 1.82) is 0 Å². The number of benzene rings is 2. The lowest BCUT2D eigenvalue weighted by Crippen LogP contribution is -2.47. The van der Waals surface area contributed by atoms with E-state index in [1.165, 1.54) is 12.1 Å².